The molecular weight excluding hydrogens is 354 g/mol. The maximum absolute atomic E-state index is 13.0. The van der Waals surface area contributed by atoms with Gasteiger partial charge in [0.1, 0.15) is 11.4 Å². The Morgan fingerprint density at radius 2 is 2.14 bits per heavy atom. The fourth-order valence-corrected chi connectivity index (χ4v) is 4.84. The van der Waals surface area contributed by atoms with E-state index in [-0.39, 0.29) is 17.2 Å². The van der Waals surface area contributed by atoms with E-state index in [9.17, 15) is 9.59 Å². The predicted molar refractivity (Wildman–Crippen MR) is 104 cm³/mol. The van der Waals surface area contributed by atoms with Crippen molar-refractivity contribution >= 4 is 11.8 Å². The summed E-state index contributed by atoms with van der Waals surface area (Å²) in [6, 6.07) is 7.86. The molecule has 0 radical (unpaired) electrons. The molecule has 3 aliphatic rings. The summed E-state index contributed by atoms with van der Waals surface area (Å²) in [5.41, 5.74) is 3.92. The number of aryl methyl sites for hydroxylation is 2. The van der Waals surface area contributed by atoms with E-state index >= 15 is 0 Å². The highest BCUT2D eigenvalue weighted by Crippen LogP contribution is 2.57. The van der Waals surface area contributed by atoms with Crippen LogP contribution in [0.15, 0.2) is 30.5 Å². The third-order valence-corrected chi connectivity index (χ3v) is 6.70. The first-order valence-corrected chi connectivity index (χ1v) is 9.93. The minimum Gasteiger partial charge on any atom is -0.480 e. The van der Waals surface area contributed by atoms with Crippen LogP contribution in [-0.4, -0.2) is 47.4 Å². The van der Waals surface area contributed by atoms with E-state index in [4.69, 9.17) is 4.74 Å². The Balaban J connectivity index is 1.20. The molecule has 1 unspecified atom stereocenters. The average Bonchev–Trinajstić information content (AvgIpc) is 3.08. The van der Waals surface area contributed by atoms with Crippen LogP contribution in [0.2, 0.25) is 0 Å². The number of H-pyrrole nitrogens is 1. The summed E-state index contributed by atoms with van der Waals surface area (Å²) in [7, 11) is 0. The van der Waals surface area contributed by atoms with Gasteiger partial charge in [-0.15, -0.1) is 0 Å². The SMILES string of the molecule is Cc1cc[nH]c1C(=O)NC[C@]12C[C@H]1CN(C(=O)C1Cc3c(C)cccc3O1)C2. The standard InChI is InChI=1S/C22H25N3O3/c1-13-4-3-5-17-16(13)8-18(28-17)21(27)25-10-15-9-22(15,12-25)11-24-20(26)19-14(2)6-7-23-19/h3-7,15,18,23H,8-12H2,1-2H3,(H,24,26)/t15-,18?,22-/m0/s1. The lowest BCUT2D eigenvalue weighted by molar-refractivity contribution is -0.137. The monoisotopic (exact) mass is 379 g/mol. The van der Waals surface area contributed by atoms with E-state index in [0.717, 1.165) is 29.8 Å². The summed E-state index contributed by atoms with van der Waals surface area (Å²) in [5, 5.41) is 3.06. The number of aromatic nitrogens is 1. The van der Waals surface area contributed by atoms with E-state index in [1.807, 2.05) is 30.0 Å². The third kappa shape index (κ3) is 2.70. The molecule has 1 aromatic carbocycles. The second-order valence-corrected chi connectivity index (χ2v) is 8.56. The van der Waals surface area contributed by atoms with Crippen molar-refractivity contribution in [2.45, 2.75) is 32.8 Å². The van der Waals surface area contributed by atoms with E-state index in [0.29, 0.717) is 31.1 Å². The highest BCUT2D eigenvalue weighted by atomic mass is 16.5. The molecular formula is C22H25N3O3. The molecule has 2 aliphatic heterocycles. The van der Waals surface area contributed by atoms with Crippen molar-refractivity contribution in [2.24, 2.45) is 11.3 Å². The molecule has 1 saturated heterocycles. The number of hydrogen-bond acceptors (Lipinski definition) is 3. The number of likely N-dealkylation sites (tertiary alicyclic amines) is 1. The Labute approximate surface area is 164 Å². The molecule has 3 atom stereocenters. The van der Waals surface area contributed by atoms with Crippen molar-refractivity contribution in [3.63, 3.8) is 0 Å². The van der Waals surface area contributed by atoms with Gasteiger partial charge in [0.2, 0.25) is 0 Å². The topological polar surface area (TPSA) is 74.4 Å². The van der Waals surface area contributed by atoms with Crippen LogP contribution in [0.3, 0.4) is 0 Å². The number of nitrogens with zero attached hydrogens (tertiary/aromatic N) is 1. The number of rotatable bonds is 4. The van der Waals surface area contributed by atoms with E-state index in [1.54, 1.807) is 6.20 Å². The quantitative estimate of drug-likeness (QED) is 0.855. The van der Waals surface area contributed by atoms with Gasteiger partial charge in [0.25, 0.3) is 11.8 Å². The Morgan fingerprint density at radius 3 is 2.89 bits per heavy atom. The maximum Gasteiger partial charge on any atom is 0.267 e. The van der Waals surface area contributed by atoms with Crippen LogP contribution in [0.5, 0.6) is 5.75 Å². The molecule has 2 aromatic rings. The Kier molecular flexibility index (Phi) is 3.79. The van der Waals surface area contributed by atoms with Crippen molar-refractivity contribution in [2.75, 3.05) is 19.6 Å². The van der Waals surface area contributed by atoms with Gasteiger partial charge >= 0.3 is 0 Å². The van der Waals surface area contributed by atoms with E-state index in [2.05, 4.69) is 23.3 Å². The fourth-order valence-electron chi connectivity index (χ4n) is 4.84. The zero-order valence-electron chi connectivity index (χ0n) is 16.2. The Bertz CT molecular complexity index is 966. The summed E-state index contributed by atoms with van der Waals surface area (Å²) in [5.74, 6) is 1.32. The van der Waals surface area contributed by atoms with Gasteiger partial charge in [0, 0.05) is 43.2 Å². The first kappa shape index (κ1) is 17.3. The first-order valence-electron chi connectivity index (χ1n) is 9.93. The number of piperidine rings is 1. The number of carbonyl (C=O) groups is 2. The minimum atomic E-state index is -0.415. The molecule has 6 nitrogen and oxygen atoms in total. The highest BCUT2D eigenvalue weighted by molar-refractivity contribution is 5.93. The summed E-state index contributed by atoms with van der Waals surface area (Å²) >= 11 is 0. The summed E-state index contributed by atoms with van der Waals surface area (Å²) < 4.78 is 5.94. The average molecular weight is 379 g/mol. The molecule has 28 heavy (non-hydrogen) atoms. The van der Waals surface area contributed by atoms with Gasteiger partial charge in [-0.05, 0) is 49.4 Å². The van der Waals surface area contributed by atoms with Crippen LogP contribution < -0.4 is 10.1 Å². The molecule has 0 spiro atoms. The van der Waals surface area contributed by atoms with Gasteiger partial charge in [-0.3, -0.25) is 9.59 Å². The number of hydrogen-bond donors (Lipinski definition) is 2. The molecule has 2 N–H and O–H groups in total. The van der Waals surface area contributed by atoms with Gasteiger partial charge in [-0.25, -0.2) is 0 Å². The largest absolute Gasteiger partial charge is 0.480 e. The van der Waals surface area contributed by atoms with Crippen LogP contribution in [0.1, 0.15) is 33.6 Å². The van der Waals surface area contributed by atoms with Gasteiger partial charge in [-0.1, -0.05) is 12.1 Å². The second-order valence-electron chi connectivity index (χ2n) is 8.56. The third-order valence-electron chi connectivity index (χ3n) is 6.70. The molecule has 1 aromatic heterocycles. The van der Waals surface area contributed by atoms with Crippen LogP contribution >= 0.6 is 0 Å². The lowest BCUT2D eigenvalue weighted by atomic mass is 10.0. The molecule has 146 valence electrons. The fraction of sp³-hybridized carbons (Fsp3) is 0.455. The number of ether oxygens (including phenoxy) is 1. The van der Waals surface area contributed by atoms with Crippen molar-refractivity contribution in [1.82, 2.24) is 15.2 Å². The molecule has 0 bridgehead atoms. The van der Waals surface area contributed by atoms with Crippen LogP contribution in [0, 0.1) is 25.2 Å². The lowest BCUT2D eigenvalue weighted by Crippen LogP contribution is -2.43. The predicted octanol–water partition coefficient (Wildman–Crippen LogP) is 2.21. The summed E-state index contributed by atoms with van der Waals surface area (Å²) in [6.45, 7) is 6.06. The molecule has 1 aliphatic carbocycles. The normalized spacial score (nSPS) is 27.1. The van der Waals surface area contributed by atoms with Gasteiger partial charge < -0.3 is 19.9 Å². The van der Waals surface area contributed by atoms with E-state index < -0.39 is 6.10 Å². The number of amides is 2. The number of fused-ring (bicyclic) bond motifs is 2. The van der Waals surface area contributed by atoms with Crippen molar-refractivity contribution in [1.29, 1.82) is 0 Å². The van der Waals surface area contributed by atoms with E-state index in [1.165, 1.54) is 5.56 Å². The lowest BCUT2D eigenvalue weighted by Gasteiger charge is -2.24. The van der Waals surface area contributed by atoms with Gasteiger partial charge in [0.15, 0.2) is 6.10 Å². The van der Waals surface area contributed by atoms with Crippen molar-refractivity contribution in [3.05, 3.63) is 52.8 Å². The molecule has 3 heterocycles. The molecule has 2 amide bonds. The zero-order chi connectivity index (χ0) is 19.5. The second kappa shape index (κ2) is 6.12. The van der Waals surface area contributed by atoms with Crippen LogP contribution in [0.25, 0.3) is 0 Å². The highest BCUT2D eigenvalue weighted by Gasteiger charge is 2.61. The number of carbonyl (C=O) groups excluding carboxylic acids is 2. The molecule has 5 rings (SSSR count). The van der Waals surface area contributed by atoms with Crippen molar-refractivity contribution in [3.8, 4) is 5.75 Å². The smallest absolute Gasteiger partial charge is 0.267 e. The Hall–Kier alpha value is -2.76. The van der Waals surface area contributed by atoms with Crippen molar-refractivity contribution < 1.29 is 14.3 Å². The van der Waals surface area contributed by atoms with Gasteiger partial charge in [-0.2, -0.15) is 0 Å². The maximum atomic E-state index is 13.0. The number of aromatic amines is 1. The first-order chi connectivity index (χ1) is 13.5. The van der Waals surface area contributed by atoms with Crippen LogP contribution in [-0.2, 0) is 11.2 Å². The molecule has 6 heteroatoms. The summed E-state index contributed by atoms with van der Waals surface area (Å²) in [6.07, 6.45) is 3.09. The molecule has 2 fully saturated rings. The zero-order valence-corrected chi connectivity index (χ0v) is 16.2. The molecule has 1 saturated carbocycles. The number of nitrogens with one attached hydrogen (secondary N) is 2. The minimum absolute atomic E-state index is 0.0349. The Morgan fingerprint density at radius 1 is 1.29 bits per heavy atom. The van der Waals surface area contributed by atoms with Gasteiger partial charge in [0.05, 0.1) is 0 Å². The summed E-state index contributed by atoms with van der Waals surface area (Å²) in [4.78, 5) is 30.3. The van der Waals surface area contributed by atoms with Crippen LogP contribution in [0.4, 0.5) is 0 Å². The number of benzene rings is 1.